The smallest absolute Gasteiger partial charge is 0.258 e. The van der Waals surface area contributed by atoms with Gasteiger partial charge in [-0.25, -0.2) is 9.37 Å². The van der Waals surface area contributed by atoms with Gasteiger partial charge < -0.3 is 9.84 Å². The van der Waals surface area contributed by atoms with Crippen molar-refractivity contribution in [3.05, 3.63) is 17.9 Å². The van der Waals surface area contributed by atoms with Gasteiger partial charge in [0.15, 0.2) is 5.13 Å². The number of nitrogens with zero attached hydrogens (tertiary/aromatic N) is 1. The molecule has 112 valence electrons. The molecular formula is C14H15FN2O3S. The van der Waals surface area contributed by atoms with Gasteiger partial charge in [0.2, 0.25) is 0 Å². The van der Waals surface area contributed by atoms with Crippen molar-refractivity contribution in [3.8, 4) is 5.75 Å². The first-order valence-electron chi connectivity index (χ1n) is 6.70. The molecule has 0 radical (unpaired) electrons. The lowest BCUT2D eigenvalue weighted by molar-refractivity contribution is -0.133. The molecule has 0 spiro atoms. The second kappa shape index (κ2) is 5.23. The minimum Gasteiger partial charge on any atom is -0.494 e. The lowest BCUT2D eigenvalue weighted by atomic mass is 10.0. The molecule has 7 heteroatoms. The van der Waals surface area contributed by atoms with Gasteiger partial charge in [-0.2, -0.15) is 0 Å². The number of halogens is 1. The van der Waals surface area contributed by atoms with Crippen LogP contribution in [0.15, 0.2) is 12.1 Å². The average Bonchev–Trinajstić information content (AvgIpc) is 3.04. The second-order valence-corrected chi connectivity index (χ2v) is 6.20. The molecule has 1 aliphatic rings. The van der Waals surface area contributed by atoms with Crippen molar-refractivity contribution < 1.29 is 19.0 Å². The maximum Gasteiger partial charge on any atom is 0.258 e. The summed E-state index contributed by atoms with van der Waals surface area (Å²) in [6.45, 7) is 0. The van der Waals surface area contributed by atoms with E-state index in [0.29, 0.717) is 33.9 Å². The van der Waals surface area contributed by atoms with Crippen LogP contribution in [0.4, 0.5) is 9.52 Å². The first kappa shape index (κ1) is 14.2. The Morgan fingerprint density at radius 2 is 2.19 bits per heavy atom. The van der Waals surface area contributed by atoms with Gasteiger partial charge in [0.05, 0.1) is 11.8 Å². The molecule has 1 saturated carbocycles. The molecule has 1 fully saturated rings. The molecule has 1 aromatic heterocycles. The van der Waals surface area contributed by atoms with E-state index in [1.165, 1.54) is 19.2 Å². The predicted molar refractivity (Wildman–Crippen MR) is 78.2 cm³/mol. The molecule has 2 N–H and O–H groups in total. The van der Waals surface area contributed by atoms with Crippen LogP contribution in [-0.2, 0) is 4.79 Å². The summed E-state index contributed by atoms with van der Waals surface area (Å²) in [5, 5.41) is 13.2. The van der Waals surface area contributed by atoms with Gasteiger partial charge in [-0.05, 0) is 31.7 Å². The van der Waals surface area contributed by atoms with E-state index in [1.54, 1.807) is 0 Å². The highest BCUT2D eigenvalue weighted by atomic mass is 32.1. The molecule has 0 unspecified atom stereocenters. The Morgan fingerprint density at radius 3 is 2.86 bits per heavy atom. The van der Waals surface area contributed by atoms with Gasteiger partial charge in [0, 0.05) is 6.07 Å². The monoisotopic (exact) mass is 310 g/mol. The summed E-state index contributed by atoms with van der Waals surface area (Å²) >= 11 is 1.15. The lowest BCUT2D eigenvalue weighted by Crippen LogP contribution is -2.40. The van der Waals surface area contributed by atoms with E-state index >= 15 is 0 Å². The molecule has 1 aliphatic carbocycles. The third-order valence-electron chi connectivity index (χ3n) is 3.72. The third-order valence-corrected chi connectivity index (χ3v) is 4.64. The molecular weight excluding hydrogens is 295 g/mol. The van der Waals surface area contributed by atoms with Crippen LogP contribution in [0.1, 0.15) is 25.7 Å². The van der Waals surface area contributed by atoms with Crippen LogP contribution in [-0.4, -0.2) is 28.7 Å². The van der Waals surface area contributed by atoms with Crippen molar-refractivity contribution in [1.29, 1.82) is 0 Å². The zero-order valence-electron chi connectivity index (χ0n) is 11.5. The van der Waals surface area contributed by atoms with Crippen LogP contribution >= 0.6 is 11.3 Å². The highest BCUT2D eigenvalue weighted by molar-refractivity contribution is 7.22. The van der Waals surface area contributed by atoms with Gasteiger partial charge in [0.25, 0.3) is 5.91 Å². The fourth-order valence-corrected chi connectivity index (χ4v) is 3.48. The number of nitrogens with one attached hydrogen (secondary N) is 1. The number of carbonyl (C=O) groups excluding carboxylic acids is 1. The summed E-state index contributed by atoms with van der Waals surface area (Å²) in [6, 6.07) is 2.59. The van der Waals surface area contributed by atoms with E-state index < -0.39 is 17.3 Å². The Labute approximate surface area is 124 Å². The van der Waals surface area contributed by atoms with E-state index in [4.69, 9.17) is 4.74 Å². The summed E-state index contributed by atoms with van der Waals surface area (Å²) in [5.74, 6) is -0.546. The fraction of sp³-hybridized carbons (Fsp3) is 0.429. The van der Waals surface area contributed by atoms with E-state index in [2.05, 4.69) is 10.3 Å². The van der Waals surface area contributed by atoms with Crippen molar-refractivity contribution in [2.45, 2.75) is 31.3 Å². The van der Waals surface area contributed by atoms with E-state index in [1.807, 2.05) is 0 Å². The largest absolute Gasteiger partial charge is 0.494 e. The van der Waals surface area contributed by atoms with Crippen LogP contribution in [0.2, 0.25) is 0 Å². The molecule has 0 bridgehead atoms. The minimum absolute atomic E-state index is 0.321. The molecule has 0 atom stereocenters. The van der Waals surface area contributed by atoms with Crippen molar-refractivity contribution in [2.75, 3.05) is 12.4 Å². The number of anilines is 1. The summed E-state index contributed by atoms with van der Waals surface area (Å²) in [7, 11) is 1.44. The van der Waals surface area contributed by atoms with Crippen LogP contribution < -0.4 is 10.1 Å². The number of carbonyl (C=O) groups is 1. The fourth-order valence-electron chi connectivity index (χ4n) is 2.58. The number of methoxy groups -OCH3 is 1. The number of benzene rings is 1. The van der Waals surface area contributed by atoms with E-state index in [9.17, 15) is 14.3 Å². The number of fused-ring (bicyclic) bond motifs is 1. The van der Waals surface area contributed by atoms with Gasteiger partial charge in [0.1, 0.15) is 22.7 Å². The molecule has 1 amide bonds. The number of aliphatic hydroxyl groups is 1. The standard InChI is InChI=1S/C14H15FN2O3S/c1-20-9-6-8(15)7-10-11(9)16-13(21-10)17-12(18)14(19)4-2-3-5-14/h6-7,19H,2-5H2,1H3,(H,16,17,18). The van der Waals surface area contributed by atoms with Crippen molar-refractivity contribution in [3.63, 3.8) is 0 Å². The van der Waals surface area contributed by atoms with Crippen LogP contribution in [0.3, 0.4) is 0 Å². The van der Waals surface area contributed by atoms with Gasteiger partial charge in [-0.1, -0.05) is 11.3 Å². The normalized spacial score (nSPS) is 17.1. The van der Waals surface area contributed by atoms with Gasteiger partial charge in [-0.3, -0.25) is 10.1 Å². The lowest BCUT2D eigenvalue weighted by Gasteiger charge is -2.19. The molecule has 1 aromatic carbocycles. The molecule has 0 aliphatic heterocycles. The summed E-state index contributed by atoms with van der Waals surface area (Å²) < 4.78 is 19.1. The first-order valence-corrected chi connectivity index (χ1v) is 7.51. The molecule has 5 nitrogen and oxygen atoms in total. The van der Waals surface area contributed by atoms with Crippen molar-refractivity contribution >= 4 is 32.6 Å². The summed E-state index contributed by atoms with van der Waals surface area (Å²) in [5.41, 5.74) is -0.815. The van der Waals surface area contributed by atoms with Crippen LogP contribution in [0, 0.1) is 5.82 Å². The second-order valence-electron chi connectivity index (χ2n) is 5.17. The maximum absolute atomic E-state index is 13.4. The molecule has 2 aromatic rings. The number of hydrogen-bond donors (Lipinski definition) is 2. The Morgan fingerprint density at radius 1 is 1.48 bits per heavy atom. The highest BCUT2D eigenvalue weighted by Gasteiger charge is 2.39. The van der Waals surface area contributed by atoms with Gasteiger partial charge in [-0.15, -0.1) is 0 Å². The Kier molecular flexibility index (Phi) is 3.54. The molecule has 3 rings (SSSR count). The first-order chi connectivity index (χ1) is 10.0. The number of hydrogen-bond acceptors (Lipinski definition) is 5. The van der Waals surface area contributed by atoms with Crippen molar-refractivity contribution in [2.24, 2.45) is 0 Å². The Bertz CT molecular complexity index is 695. The number of ether oxygens (including phenoxy) is 1. The highest BCUT2D eigenvalue weighted by Crippen LogP contribution is 2.35. The SMILES string of the molecule is COc1cc(F)cc2sc(NC(=O)C3(O)CCCC3)nc12. The zero-order valence-corrected chi connectivity index (χ0v) is 12.3. The van der Waals surface area contributed by atoms with E-state index in [0.717, 1.165) is 24.2 Å². The summed E-state index contributed by atoms with van der Waals surface area (Å²) in [6.07, 6.45) is 2.59. The number of amides is 1. The van der Waals surface area contributed by atoms with Crippen LogP contribution in [0.5, 0.6) is 5.75 Å². The number of rotatable bonds is 3. The van der Waals surface area contributed by atoms with Crippen molar-refractivity contribution in [1.82, 2.24) is 4.98 Å². The molecule has 21 heavy (non-hydrogen) atoms. The topological polar surface area (TPSA) is 71.5 Å². The maximum atomic E-state index is 13.4. The summed E-state index contributed by atoms with van der Waals surface area (Å²) in [4.78, 5) is 16.4. The quantitative estimate of drug-likeness (QED) is 0.914. The van der Waals surface area contributed by atoms with E-state index in [-0.39, 0.29) is 0 Å². The number of thiazole rings is 1. The number of aromatic nitrogens is 1. The van der Waals surface area contributed by atoms with Crippen LogP contribution in [0.25, 0.3) is 10.2 Å². The minimum atomic E-state index is -1.31. The Hall–Kier alpha value is -1.73. The van der Waals surface area contributed by atoms with Gasteiger partial charge >= 0.3 is 0 Å². The molecule has 0 saturated heterocycles. The average molecular weight is 310 g/mol. The zero-order chi connectivity index (χ0) is 15.0. The molecule has 1 heterocycles. The predicted octanol–water partition coefficient (Wildman–Crippen LogP) is 2.69. The third kappa shape index (κ3) is 2.58. The Balaban J connectivity index is 1.89.